The van der Waals surface area contributed by atoms with Crippen LogP contribution in [-0.4, -0.2) is 30.8 Å². The van der Waals surface area contributed by atoms with E-state index in [1.807, 2.05) is 30.3 Å². The van der Waals surface area contributed by atoms with Gasteiger partial charge in [-0.25, -0.2) is 23.0 Å². The maximum atomic E-state index is 12.0. The van der Waals surface area contributed by atoms with Crippen molar-refractivity contribution in [3.8, 4) is 28.2 Å². The van der Waals surface area contributed by atoms with Gasteiger partial charge in [-0.2, -0.15) is 5.10 Å². The SMILES string of the molecule is CCOC(=O)c1ccc(-c2cc(-c3ccc(Cl)cc3)nn2-c2ccc(S(N)(=O)=O)cc2)cc1. The van der Waals surface area contributed by atoms with Crippen LogP contribution in [0.25, 0.3) is 28.2 Å². The first-order chi connectivity index (χ1) is 15.8. The van der Waals surface area contributed by atoms with Crippen molar-refractivity contribution in [2.24, 2.45) is 5.14 Å². The van der Waals surface area contributed by atoms with Gasteiger partial charge in [-0.05, 0) is 61.5 Å². The molecule has 0 aliphatic rings. The summed E-state index contributed by atoms with van der Waals surface area (Å²) in [6.45, 7) is 2.05. The Morgan fingerprint density at radius 1 is 0.970 bits per heavy atom. The average Bonchev–Trinajstić information content (AvgIpc) is 3.25. The smallest absolute Gasteiger partial charge is 0.338 e. The third-order valence-corrected chi connectivity index (χ3v) is 6.13. The van der Waals surface area contributed by atoms with E-state index in [0.717, 1.165) is 16.8 Å². The van der Waals surface area contributed by atoms with E-state index in [2.05, 4.69) is 0 Å². The van der Waals surface area contributed by atoms with Gasteiger partial charge in [0.2, 0.25) is 10.0 Å². The number of carbonyl (C=O) groups is 1. The Morgan fingerprint density at radius 2 is 1.58 bits per heavy atom. The van der Waals surface area contributed by atoms with Gasteiger partial charge < -0.3 is 4.74 Å². The van der Waals surface area contributed by atoms with Crippen LogP contribution < -0.4 is 5.14 Å². The summed E-state index contributed by atoms with van der Waals surface area (Å²) in [4.78, 5) is 12.0. The van der Waals surface area contributed by atoms with Gasteiger partial charge >= 0.3 is 5.97 Å². The van der Waals surface area contributed by atoms with E-state index >= 15 is 0 Å². The second-order valence-corrected chi connectivity index (χ2v) is 9.17. The number of primary sulfonamides is 1. The molecule has 1 aromatic heterocycles. The summed E-state index contributed by atoms with van der Waals surface area (Å²) in [6.07, 6.45) is 0. The summed E-state index contributed by atoms with van der Waals surface area (Å²) in [5.41, 5.74) is 4.22. The van der Waals surface area contributed by atoms with Crippen molar-refractivity contribution in [2.45, 2.75) is 11.8 Å². The van der Waals surface area contributed by atoms with Gasteiger partial charge in [0.25, 0.3) is 0 Å². The van der Waals surface area contributed by atoms with E-state index in [1.54, 1.807) is 48.0 Å². The number of ether oxygens (including phenoxy) is 1. The van der Waals surface area contributed by atoms with Crippen LogP contribution in [0.2, 0.25) is 5.02 Å². The van der Waals surface area contributed by atoms with E-state index in [9.17, 15) is 13.2 Å². The van der Waals surface area contributed by atoms with Crippen molar-refractivity contribution >= 4 is 27.6 Å². The van der Waals surface area contributed by atoms with Gasteiger partial charge in [-0.3, -0.25) is 0 Å². The van der Waals surface area contributed by atoms with Crippen LogP contribution >= 0.6 is 11.6 Å². The van der Waals surface area contributed by atoms with Crippen LogP contribution in [0.15, 0.2) is 83.8 Å². The van der Waals surface area contributed by atoms with Crippen molar-refractivity contribution in [1.29, 1.82) is 0 Å². The zero-order chi connectivity index (χ0) is 23.6. The van der Waals surface area contributed by atoms with E-state index in [4.69, 9.17) is 26.6 Å². The number of aromatic nitrogens is 2. The number of hydrogen-bond acceptors (Lipinski definition) is 5. The molecule has 33 heavy (non-hydrogen) atoms. The lowest BCUT2D eigenvalue weighted by Gasteiger charge is -2.09. The predicted octanol–water partition coefficient (Wildman–Crippen LogP) is 4.68. The Labute approximate surface area is 196 Å². The Morgan fingerprint density at radius 3 is 2.15 bits per heavy atom. The van der Waals surface area contributed by atoms with Gasteiger partial charge in [-0.1, -0.05) is 35.9 Å². The zero-order valence-corrected chi connectivity index (χ0v) is 19.2. The molecular formula is C24H20ClN3O4S. The van der Waals surface area contributed by atoms with Crippen LogP contribution in [0.1, 0.15) is 17.3 Å². The highest BCUT2D eigenvalue weighted by molar-refractivity contribution is 7.89. The molecule has 0 aliphatic heterocycles. The van der Waals surface area contributed by atoms with Crippen molar-refractivity contribution in [2.75, 3.05) is 6.61 Å². The highest BCUT2D eigenvalue weighted by Crippen LogP contribution is 2.30. The third-order valence-electron chi connectivity index (χ3n) is 4.95. The molecule has 0 amide bonds. The Balaban J connectivity index is 1.81. The molecular weight excluding hydrogens is 462 g/mol. The number of halogens is 1. The number of esters is 1. The van der Waals surface area contributed by atoms with Crippen LogP contribution in [0.3, 0.4) is 0 Å². The topological polar surface area (TPSA) is 104 Å². The molecule has 0 saturated heterocycles. The highest BCUT2D eigenvalue weighted by atomic mass is 35.5. The minimum Gasteiger partial charge on any atom is -0.462 e. The predicted molar refractivity (Wildman–Crippen MR) is 127 cm³/mol. The zero-order valence-electron chi connectivity index (χ0n) is 17.6. The second-order valence-electron chi connectivity index (χ2n) is 7.17. The maximum absolute atomic E-state index is 12.0. The van der Waals surface area contributed by atoms with E-state index in [0.29, 0.717) is 28.6 Å². The molecule has 0 atom stereocenters. The lowest BCUT2D eigenvalue weighted by Crippen LogP contribution is -2.12. The average molecular weight is 482 g/mol. The molecule has 0 spiro atoms. The van der Waals surface area contributed by atoms with Crippen LogP contribution in [0, 0.1) is 0 Å². The first kappa shape index (κ1) is 22.7. The monoisotopic (exact) mass is 481 g/mol. The molecule has 2 N–H and O–H groups in total. The standard InChI is InChI=1S/C24H20ClN3O4S/c1-2-32-24(29)18-5-3-17(4-6-18)23-15-22(16-7-9-19(25)10-8-16)27-28(23)20-11-13-21(14-12-20)33(26,30)31/h3-15H,2H2,1H3,(H2,26,30,31). The maximum Gasteiger partial charge on any atom is 0.338 e. The molecule has 9 heteroatoms. The molecule has 0 unspecified atom stereocenters. The number of nitrogens with zero attached hydrogens (tertiary/aromatic N) is 2. The molecule has 0 aliphatic carbocycles. The molecule has 3 aromatic carbocycles. The van der Waals surface area contributed by atoms with Gasteiger partial charge in [0, 0.05) is 16.1 Å². The molecule has 7 nitrogen and oxygen atoms in total. The van der Waals surface area contributed by atoms with Crippen molar-refractivity contribution < 1.29 is 17.9 Å². The molecule has 0 saturated carbocycles. The van der Waals surface area contributed by atoms with Crippen LogP contribution in [0.4, 0.5) is 0 Å². The van der Waals surface area contributed by atoms with Gasteiger partial charge in [0.1, 0.15) is 0 Å². The number of sulfonamides is 1. The lowest BCUT2D eigenvalue weighted by atomic mass is 10.1. The summed E-state index contributed by atoms with van der Waals surface area (Å²) < 4.78 is 30.0. The summed E-state index contributed by atoms with van der Waals surface area (Å²) in [5.74, 6) is -0.391. The summed E-state index contributed by atoms with van der Waals surface area (Å²) in [7, 11) is -3.81. The first-order valence-electron chi connectivity index (χ1n) is 10.0. The van der Waals surface area contributed by atoms with Gasteiger partial charge in [-0.15, -0.1) is 0 Å². The van der Waals surface area contributed by atoms with Crippen LogP contribution in [-0.2, 0) is 14.8 Å². The molecule has 4 aromatic rings. The number of carbonyl (C=O) groups excluding carboxylic acids is 1. The minimum atomic E-state index is -3.81. The van der Waals surface area contributed by atoms with Crippen molar-refractivity contribution in [3.63, 3.8) is 0 Å². The normalized spacial score (nSPS) is 11.4. The molecule has 0 radical (unpaired) electrons. The van der Waals surface area contributed by atoms with Crippen molar-refractivity contribution in [3.05, 3.63) is 89.4 Å². The highest BCUT2D eigenvalue weighted by Gasteiger charge is 2.16. The third kappa shape index (κ3) is 4.98. The quantitative estimate of drug-likeness (QED) is 0.402. The number of nitrogens with two attached hydrogens (primary N) is 1. The Kier molecular flexibility index (Phi) is 6.33. The second kappa shape index (κ2) is 9.19. The molecule has 168 valence electrons. The number of benzene rings is 3. The van der Waals surface area contributed by atoms with Gasteiger partial charge in [0.05, 0.1) is 34.1 Å². The fraction of sp³-hybridized carbons (Fsp3) is 0.0833. The van der Waals surface area contributed by atoms with Crippen molar-refractivity contribution in [1.82, 2.24) is 9.78 Å². The van der Waals surface area contributed by atoms with Crippen LogP contribution in [0.5, 0.6) is 0 Å². The molecule has 1 heterocycles. The Hall–Kier alpha value is -3.46. The Bertz CT molecular complexity index is 1400. The first-order valence-corrected chi connectivity index (χ1v) is 12.0. The fourth-order valence-corrected chi connectivity index (χ4v) is 3.96. The van der Waals surface area contributed by atoms with E-state index in [-0.39, 0.29) is 4.90 Å². The van der Waals surface area contributed by atoms with E-state index < -0.39 is 16.0 Å². The molecule has 0 bridgehead atoms. The van der Waals surface area contributed by atoms with E-state index in [1.165, 1.54) is 12.1 Å². The molecule has 0 fully saturated rings. The number of rotatable bonds is 6. The summed E-state index contributed by atoms with van der Waals surface area (Å²) in [5, 5.41) is 10.6. The lowest BCUT2D eigenvalue weighted by molar-refractivity contribution is 0.0526. The fourth-order valence-electron chi connectivity index (χ4n) is 3.31. The summed E-state index contributed by atoms with van der Waals surface area (Å²) in [6, 6.07) is 22.3. The summed E-state index contributed by atoms with van der Waals surface area (Å²) >= 11 is 6.02. The number of hydrogen-bond donors (Lipinski definition) is 1. The molecule has 4 rings (SSSR count). The van der Waals surface area contributed by atoms with Gasteiger partial charge in [0.15, 0.2) is 0 Å². The largest absolute Gasteiger partial charge is 0.462 e. The minimum absolute atomic E-state index is 0.0108.